The fourth-order valence-corrected chi connectivity index (χ4v) is 1.52. The molecule has 0 aliphatic carbocycles. The third-order valence-corrected chi connectivity index (χ3v) is 2.37. The van der Waals surface area contributed by atoms with Crippen LogP contribution in [0.5, 0.6) is 0 Å². The highest BCUT2D eigenvalue weighted by molar-refractivity contribution is 5.88. The Balaban J connectivity index is 2.05. The van der Waals surface area contributed by atoms with Gasteiger partial charge in [-0.15, -0.1) is 0 Å². The number of hydrogen-bond donors (Lipinski definition) is 1. The molecule has 0 radical (unpaired) electrons. The maximum absolute atomic E-state index is 10.8. The van der Waals surface area contributed by atoms with Gasteiger partial charge in [-0.3, -0.25) is 0 Å². The van der Waals surface area contributed by atoms with E-state index in [9.17, 15) is 4.79 Å². The number of benzene rings is 1. The fourth-order valence-electron chi connectivity index (χ4n) is 1.52. The van der Waals surface area contributed by atoms with E-state index in [2.05, 4.69) is 9.68 Å². The molecular weight excluding hydrogens is 206 g/mol. The summed E-state index contributed by atoms with van der Waals surface area (Å²) in [6.45, 7) is 0. The van der Waals surface area contributed by atoms with Crippen LogP contribution in [0.15, 0.2) is 41.1 Å². The number of carboxylic acids is 1. The minimum absolute atomic E-state index is 0.149. The van der Waals surface area contributed by atoms with Crippen LogP contribution in [0.3, 0.4) is 0 Å². The first-order valence-electron chi connectivity index (χ1n) is 4.98. The molecule has 1 aromatic heterocycles. The molecule has 1 N–H and O–H groups in total. The van der Waals surface area contributed by atoms with Crippen molar-refractivity contribution >= 4 is 5.97 Å². The van der Waals surface area contributed by atoms with E-state index in [0.29, 0.717) is 12.1 Å². The van der Waals surface area contributed by atoms with E-state index in [4.69, 9.17) is 5.11 Å². The number of carboxylic acid groups (broad SMARTS) is 1. The van der Waals surface area contributed by atoms with Crippen LogP contribution in [0.1, 0.15) is 21.6 Å². The quantitative estimate of drug-likeness (QED) is 0.852. The van der Waals surface area contributed by atoms with Gasteiger partial charge in [0.2, 0.25) is 0 Å². The van der Waals surface area contributed by atoms with Crippen LogP contribution < -0.4 is 0 Å². The second-order valence-electron chi connectivity index (χ2n) is 3.47. The highest BCUT2D eigenvalue weighted by Crippen LogP contribution is 2.10. The van der Waals surface area contributed by atoms with E-state index < -0.39 is 5.97 Å². The summed E-state index contributed by atoms with van der Waals surface area (Å²) >= 11 is 0. The van der Waals surface area contributed by atoms with Crippen molar-refractivity contribution in [3.8, 4) is 0 Å². The first-order chi connectivity index (χ1) is 7.77. The summed E-state index contributed by atoms with van der Waals surface area (Å²) in [4.78, 5) is 10.8. The second kappa shape index (κ2) is 4.61. The molecule has 0 bridgehead atoms. The van der Waals surface area contributed by atoms with Crippen molar-refractivity contribution in [2.24, 2.45) is 0 Å². The van der Waals surface area contributed by atoms with Gasteiger partial charge in [0, 0.05) is 0 Å². The van der Waals surface area contributed by atoms with Gasteiger partial charge in [-0.05, 0) is 18.4 Å². The second-order valence-corrected chi connectivity index (χ2v) is 3.47. The molecule has 2 aromatic rings. The molecule has 0 unspecified atom stereocenters. The Hall–Kier alpha value is -2.10. The number of aromatic nitrogens is 1. The Morgan fingerprint density at radius 2 is 2.00 bits per heavy atom. The van der Waals surface area contributed by atoms with Crippen LogP contribution >= 0.6 is 0 Å². The topological polar surface area (TPSA) is 63.3 Å². The first-order valence-corrected chi connectivity index (χ1v) is 4.98. The van der Waals surface area contributed by atoms with E-state index in [1.54, 1.807) is 0 Å². The third-order valence-electron chi connectivity index (χ3n) is 2.37. The Labute approximate surface area is 92.5 Å². The molecule has 4 nitrogen and oxygen atoms in total. The van der Waals surface area contributed by atoms with Gasteiger partial charge in [0.05, 0.1) is 5.69 Å². The van der Waals surface area contributed by atoms with Crippen LogP contribution in [0.2, 0.25) is 0 Å². The highest BCUT2D eigenvalue weighted by atomic mass is 16.5. The number of nitrogens with zero attached hydrogens (tertiary/aromatic N) is 1. The van der Waals surface area contributed by atoms with Crippen molar-refractivity contribution < 1.29 is 14.4 Å². The molecule has 1 aromatic carbocycles. The molecule has 4 heteroatoms. The number of hydrogen-bond acceptors (Lipinski definition) is 3. The van der Waals surface area contributed by atoms with Gasteiger partial charge in [-0.25, -0.2) is 4.79 Å². The van der Waals surface area contributed by atoms with Crippen LogP contribution in [0.4, 0.5) is 0 Å². The minimum atomic E-state index is -0.996. The minimum Gasteiger partial charge on any atom is -0.478 e. The molecule has 82 valence electrons. The molecule has 2 rings (SSSR count). The Morgan fingerprint density at radius 1 is 1.25 bits per heavy atom. The Bertz CT molecular complexity index is 476. The summed E-state index contributed by atoms with van der Waals surface area (Å²) in [6, 6.07) is 9.86. The lowest BCUT2D eigenvalue weighted by Crippen LogP contribution is -2.01. The zero-order valence-electron chi connectivity index (χ0n) is 8.59. The number of aromatic carboxylic acids is 1. The van der Waals surface area contributed by atoms with E-state index >= 15 is 0 Å². The number of rotatable bonds is 4. The third kappa shape index (κ3) is 2.28. The molecule has 1 heterocycles. The van der Waals surface area contributed by atoms with Crippen molar-refractivity contribution in [3.05, 3.63) is 53.4 Å². The Kier molecular flexibility index (Phi) is 3.00. The molecule has 0 saturated heterocycles. The van der Waals surface area contributed by atoms with E-state index in [1.807, 2.05) is 30.3 Å². The molecule has 0 aliphatic rings. The monoisotopic (exact) mass is 217 g/mol. The van der Waals surface area contributed by atoms with Gasteiger partial charge in [-0.2, -0.15) is 0 Å². The zero-order valence-corrected chi connectivity index (χ0v) is 8.59. The molecule has 0 aliphatic heterocycles. The van der Waals surface area contributed by atoms with Crippen LogP contribution in [0.25, 0.3) is 0 Å². The van der Waals surface area contributed by atoms with Gasteiger partial charge < -0.3 is 9.63 Å². The molecule has 16 heavy (non-hydrogen) atoms. The van der Waals surface area contributed by atoms with Crippen LogP contribution in [0, 0.1) is 0 Å². The van der Waals surface area contributed by atoms with Gasteiger partial charge in [0.1, 0.15) is 11.8 Å². The average molecular weight is 217 g/mol. The number of carbonyl (C=O) groups is 1. The Morgan fingerprint density at radius 3 is 2.69 bits per heavy atom. The van der Waals surface area contributed by atoms with Crippen LogP contribution in [-0.2, 0) is 12.8 Å². The predicted molar refractivity (Wildman–Crippen MR) is 57.3 cm³/mol. The van der Waals surface area contributed by atoms with Gasteiger partial charge in [0.15, 0.2) is 0 Å². The van der Waals surface area contributed by atoms with Crippen molar-refractivity contribution in [1.29, 1.82) is 0 Å². The largest absolute Gasteiger partial charge is 0.478 e. The normalized spacial score (nSPS) is 10.2. The average Bonchev–Trinajstić information content (AvgIpc) is 2.76. The predicted octanol–water partition coefficient (Wildman–Crippen LogP) is 2.16. The maximum Gasteiger partial charge on any atom is 0.340 e. The summed E-state index contributed by atoms with van der Waals surface area (Å²) in [6.07, 6.45) is 2.50. The van der Waals surface area contributed by atoms with Crippen molar-refractivity contribution in [3.63, 3.8) is 0 Å². The standard InChI is InChI=1S/C12H11NO3/c14-12(15)10-8-16-13-11(10)7-6-9-4-2-1-3-5-9/h1-5,8H,6-7H2,(H,14,15). The first kappa shape index (κ1) is 10.4. The van der Waals surface area contributed by atoms with E-state index in [1.165, 1.54) is 6.26 Å². The SMILES string of the molecule is O=C(O)c1conc1CCc1ccccc1. The summed E-state index contributed by atoms with van der Waals surface area (Å²) in [5.41, 5.74) is 1.80. The highest BCUT2D eigenvalue weighted by Gasteiger charge is 2.13. The van der Waals surface area contributed by atoms with E-state index in [-0.39, 0.29) is 5.56 Å². The van der Waals surface area contributed by atoms with Crippen molar-refractivity contribution in [2.45, 2.75) is 12.8 Å². The smallest absolute Gasteiger partial charge is 0.340 e. The fraction of sp³-hybridized carbons (Fsp3) is 0.167. The lowest BCUT2D eigenvalue weighted by atomic mass is 10.1. The lowest BCUT2D eigenvalue weighted by molar-refractivity contribution is 0.0695. The molecular formula is C12H11NO3. The molecule has 0 atom stereocenters. The molecule has 0 saturated carbocycles. The van der Waals surface area contributed by atoms with Crippen LogP contribution in [-0.4, -0.2) is 16.2 Å². The molecule has 0 fully saturated rings. The van der Waals surface area contributed by atoms with Crippen molar-refractivity contribution in [1.82, 2.24) is 5.16 Å². The zero-order chi connectivity index (χ0) is 11.4. The summed E-state index contributed by atoms with van der Waals surface area (Å²) < 4.78 is 4.66. The van der Waals surface area contributed by atoms with E-state index in [0.717, 1.165) is 12.0 Å². The molecule has 0 spiro atoms. The van der Waals surface area contributed by atoms with Crippen molar-refractivity contribution in [2.75, 3.05) is 0 Å². The lowest BCUT2D eigenvalue weighted by Gasteiger charge is -1.98. The van der Waals surface area contributed by atoms with Gasteiger partial charge in [0.25, 0.3) is 0 Å². The number of aryl methyl sites for hydroxylation is 2. The molecule has 0 amide bonds. The summed E-state index contributed by atoms with van der Waals surface area (Å²) in [7, 11) is 0. The van der Waals surface area contributed by atoms with Gasteiger partial charge >= 0.3 is 5.97 Å². The van der Waals surface area contributed by atoms with Gasteiger partial charge in [-0.1, -0.05) is 35.5 Å². The maximum atomic E-state index is 10.8. The summed E-state index contributed by atoms with van der Waals surface area (Å²) in [5.74, 6) is -0.996. The summed E-state index contributed by atoms with van der Waals surface area (Å²) in [5, 5.41) is 12.5.